The Morgan fingerprint density at radius 3 is 1.70 bits per heavy atom. The van der Waals surface area contributed by atoms with E-state index in [4.69, 9.17) is 10.2 Å². The second kappa shape index (κ2) is 4.69. The van der Waals surface area contributed by atoms with Gasteiger partial charge in [0, 0.05) is 5.41 Å². The maximum atomic E-state index is 8.95. The summed E-state index contributed by atoms with van der Waals surface area (Å²) < 4.78 is 0. The van der Waals surface area contributed by atoms with Gasteiger partial charge in [-0.25, -0.2) is 0 Å². The minimum absolute atomic E-state index is 0.105. The van der Waals surface area contributed by atoms with Crippen molar-refractivity contribution in [2.45, 2.75) is 33.1 Å². The fourth-order valence-electron chi connectivity index (χ4n) is 1.14. The second-order valence-electron chi connectivity index (χ2n) is 2.92. The van der Waals surface area contributed by atoms with Crippen LogP contribution >= 0.6 is 0 Å². The van der Waals surface area contributed by atoms with E-state index < -0.39 is 0 Å². The summed E-state index contributed by atoms with van der Waals surface area (Å²) in [4.78, 5) is 0. The van der Waals surface area contributed by atoms with Gasteiger partial charge in [-0.15, -0.1) is 0 Å². The highest BCUT2D eigenvalue weighted by Gasteiger charge is 2.24. The van der Waals surface area contributed by atoms with E-state index in [9.17, 15) is 0 Å². The van der Waals surface area contributed by atoms with Crippen molar-refractivity contribution in [1.82, 2.24) is 0 Å². The Labute approximate surface area is 62.9 Å². The van der Waals surface area contributed by atoms with Crippen LogP contribution in [0.1, 0.15) is 33.1 Å². The van der Waals surface area contributed by atoms with Gasteiger partial charge in [-0.05, 0) is 12.8 Å². The minimum atomic E-state index is -0.214. The second-order valence-corrected chi connectivity index (χ2v) is 2.92. The molecule has 0 saturated carbocycles. The summed E-state index contributed by atoms with van der Waals surface area (Å²) in [5.74, 6) is 0. The van der Waals surface area contributed by atoms with E-state index in [1.165, 1.54) is 0 Å². The molecule has 0 amide bonds. The first kappa shape index (κ1) is 9.92. The molecule has 0 aliphatic heterocycles. The van der Waals surface area contributed by atoms with Gasteiger partial charge in [-0.3, -0.25) is 0 Å². The highest BCUT2D eigenvalue weighted by Crippen LogP contribution is 2.26. The van der Waals surface area contributed by atoms with E-state index in [1.54, 1.807) is 0 Å². The maximum absolute atomic E-state index is 8.95. The van der Waals surface area contributed by atoms with Gasteiger partial charge in [0.05, 0.1) is 13.2 Å². The Hall–Kier alpha value is -0.0800. The summed E-state index contributed by atoms with van der Waals surface area (Å²) in [6.07, 6.45) is 2.79. The van der Waals surface area contributed by atoms with Crippen LogP contribution < -0.4 is 0 Å². The third-order valence-electron chi connectivity index (χ3n) is 2.20. The standard InChI is InChI=1S/C8H18O2/c1-3-5-8(4-2,6-9)7-10/h9-10H,3-7H2,1-2H3. The lowest BCUT2D eigenvalue weighted by molar-refractivity contribution is 0.0432. The predicted molar refractivity (Wildman–Crippen MR) is 41.8 cm³/mol. The van der Waals surface area contributed by atoms with Gasteiger partial charge in [-0.2, -0.15) is 0 Å². The average molecular weight is 146 g/mol. The van der Waals surface area contributed by atoms with Crippen molar-refractivity contribution in [2.24, 2.45) is 5.41 Å². The van der Waals surface area contributed by atoms with Crippen LogP contribution in [0.5, 0.6) is 0 Å². The molecule has 0 bridgehead atoms. The lowest BCUT2D eigenvalue weighted by Crippen LogP contribution is -2.28. The average Bonchev–Trinajstić information content (AvgIpc) is 2.01. The quantitative estimate of drug-likeness (QED) is 0.611. The largest absolute Gasteiger partial charge is 0.396 e. The first-order valence-electron chi connectivity index (χ1n) is 3.96. The van der Waals surface area contributed by atoms with Crippen molar-refractivity contribution in [3.8, 4) is 0 Å². The third kappa shape index (κ3) is 2.27. The molecule has 62 valence electrons. The molecule has 0 saturated heterocycles. The van der Waals surface area contributed by atoms with Crippen molar-refractivity contribution < 1.29 is 10.2 Å². The van der Waals surface area contributed by atoms with E-state index in [0.29, 0.717) is 0 Å². The van der Waals surface area contributed by atoms with Gasteiger partial charge >= 0.3 is 0 Å². The molecular formula is C8H18O2. The van der Waals surface area contributed by atoms with Crippen LogP contribution in [0.3, 0.4) is 0 Å². The number of rotatable bonds is 5. The molecule has 0 fully saturated rings. The molecule has 0 radical (unpaired) electrons. The molecule has 2 nitrogen and oxygen atoms in total. The molecule has 0 rings (SSSR count). The van der Waals surface area contributed by atoms with Gasteiger partial charge in [0.25, 0.3) is 0 Å². The fourth-order valence-corrected chi connectivity index (χ4v) is 1.14. The zero-order chi connectivity index (χ0) is 8.04. The first-order valence-corrected chi connectivity index (χ1v) is 3.96. The monoisotopic (exact) mass is 146 g/mol. The Kier molecular flexibility index (Phi) is 4.65. The van der Waals surface area contributed by atoms with Crippen molar-refractivity contribution in [3.63, 3.8) is 0 Å². The van der Waals surface area contributed by atoms with Gasteiger partial charge in [0.2, 0.25) is 0 Å². The molecule has 0 aliphatic carbocycles. The van der Waals surface area contributed by atoms with Crippen LogP contribution in [-0.4, -0.2) is 23.4 Å². The number of aliphatic hydroxyl groups excluding tert-OH is 2. The smallest absolute Gasteiger partial charge is 0.0509 e. The molecular weight excluding hydrogens is 128 g/mol. The van der Waals surface area contributed by atoms with Gasteiger partial charge in [0.1, 0.15) is 0 Å². The van der Waals surface area contributed by atoms with Gasteiger partial charge in [0.15, 0.2) is 0 Å². The summed E-state index contributed by atoms with van der Waals surface area (Å²) in [6.45, 7) is 4.28. The molecule has 0 heterocycles. The first-order chi connectivity index (χ1) is 4.74. The third-order valence-corrected chi connectivity index (χ3v) is 2.20. The highest BCUT2D eigenvalue weighted by molar-refractivity contribution is 4.75. The lowest BCUT2D eigenvalue weighted by atomic mass is 9.83. The van der Waals surface area contributed by atoms with E-state index in [-0.39, 0.29) is 18.6 Å². The van der Waals surface area contributed by atoms with Gasteiger partial charge in [-0.1, -0.05) is 20.3 Å². The molecule has 0 unspecified atom stereocenters. The van der Waals surface area contributed by atoms with Gasteiger partial charge < -0.3 is 10.2 Å². The molecule has 2 N–H and O–H groups in total. The van der Waals surface area contributed by atoms with Crippen molar-refractivity contribution in [2.75, 3.05) is 13.2 Å². The molecule has 0 aromatic rings. The molecule has 2 heteroatoms. The predicted octanol–water partition coefficient (Wildman–Crippen LogP) is 1.17. The normalized spacial score (nSPS) is 12.0. The Morgan fingerprint density at radius 2 is 1.60 bits per heavy atom. The Balaban J connectivity index is 3.87. The molecule has 0 atom stereocenters. The van der Waals surface area contributed by atoms with Crippen LogP contribution in [0.2, 0.25) is 0 Å². The number of hydrogen-bond acceptors (Lipinski definition) is 2. The maximum Gasteiger partial charge on any atom is 0.0509 e. The zero-order valence-electron chi connectivity index (χ0n) is 6.93. The highest BCUT2D eigenvalue weighted by atomic mass is 16.3. The Morgan fingerprint density at radius 1 is 1.10 bits per heavy atom. The van der Waals surface area contributed by atoms with Crippen molar-refractivity contribution >= 4 is 0 Å². The van der Waals surface area contributed by atoms with Crippen LogP contribution in [0.25, 0.3) is 0 Å². The van der Waals surface area contributed by atoms with E-state index in [1.807, 2.05) is 6.92 Å². The topological polar surface area (TPSA) is 40.5 Å². The molecule has 0 aromatic heterocycles. The van der Waals surface area contributed by atoms with E-state index in [0.717, 1.165) is 19.3 Å². The summed E-state index contributed by atoms with van der Waals surface area (Å²) in [7, 11) is 0. The van der Waals surface area contributed by atoms with Crippen molar-refractivity contribution in [1.29, 1.82) is 0 Å². The minimum Gasteiger partial charge on any atom is -0.396 e. The van der Waals surface area contributed by atoms with Crippen LogP contribution in [0.15, 0.2) is 0 Å². The van der Waals surface area contributed by atoms with Crippen molar-refractivity contribution in [3.05, 3.63) is 0 Å². The van der Waals surface area contributed by atoms with E-state index in [2.05, 4.69) is 6.92 Å². The fraction of sp³-hybridized carbons (Fsp3) is 1.00. The van der Waals surface area contributed by atoms with Crippen LogP contribution in [0, 0.1) is 5.41 Å². The SMILES string of the molecule is CCCC(CC)(CO)CO. The molecule has 10 heavy (non-hydrogen) atoms. The number of hydrogen-bond donors (Lipinski definition) is 2. The summed E-state index contributed by atoms with van der Waals surface area (Å²) >= 11 is 0. The van der Waals surface area contributed by atoms with E-state index >= 15 is 0 Å². The zero-order valence-corrected chi connectivity index (χ0v) is 6.93. The molecule has 0 aliphatic rings. The van der Waals surface area contributed by atoms with Crippen LogP contribution in [-0.2, 0) is 0 Å². The number of aliphatic hydroxyl groups is 2. The Bertz CT molecular complexity index is 69.1. The summed E-state index contributed by atoms with van der Waals surface area (Å²) in [6, 6.07) is 0. The summed E-state index contributed by atoms with van der Waals surface area (Å²) in [5.41, 5.74) is -0.214. The van der Waals surface area contributed by atoms with Crippen LogP contribution in [0.4, 0.5) is 0 Å². The summed E-state index contributed by atoms with van der Waals surface area (Å²) in [5, 5.41) is 17.9. The molecule has 0 spiro atoms. The molecule has 0 aromatic carbocycles. The lowest BCUT2D eigenvalue weighted by Gasteiger charge is -2.27.